The molecular formula is C16H24O3. The van der Waals surface area contributed by atoms with Crippen molar-refractivity contribution < 1.29 is 14.6 Å². The van der Waals surface area contributed by atoms with Crippen LogP contribution in [0.2, 0.25) is 0 Å². The predicted octanol–water partition coefficient (Wildman–Crippen LogP) is 3.87. The van der Waals surface area contributed by atoms with E-state index < -0.39 is 6.10 Å². The molecule has 0 radical (unpaired) electrons. The van der Waals surface area contributed by atoms with Crippen molar-refractivity contribution in [1.29, 1.82) is 0 Å². The first-order chi connectivity index (χ1) is 9.19. The standard InChI is InChI=1S/C16H24O3/c1-4-5-6-7-8-11-19-16-12-14(18-3)9-10-15(16)13(2)17/h4,9-10,12-13,17H,1,5-8,11H2,2-3H3. The van der Waals surface area contributed by atoms with Crippen LogP contribution in [-0.2, 0) is 0 Å². The summed E-state index contributed by atoms with van der Waals surface area (Å²) in [6.07, 6.45) is 5.73. The van der Waals surface area contributed by atoms with Gasteiger partial charge >= 0.3 is 0 Å². The first-order valence-electron chi connectivity index (χ1n) is 6.78. The van der Waals surface area contributed by atoms with Crippen molar-refractivity contribution in [2.45, 2.75) is 38.7 Å². The minimum Gasteiger partial charge on any atom is -0.497 e. The molecule has 1 atom stereocenters. The Morgan fingerprint density at radius 2 is 2.11 bits per heavy atom. The summed E-state index contributed by atoms with van der Waals surface area (Å²) in [5.41, 5.74) is 0.798. The van der Waals surface area contributed by atoms with Crippen LogP contribution >= 0.6 is 0 Å². The molecule has 0 bridgehead atoms. The monoisotopic (exact) mass is 264 g/mol. The van der Waals surface area contributed by atoms with Crippen LogP contribution in [-0.4, -0.2) is 18.8 Å². The second-order valence-corrected chi connectivity index (χ2v) is 4.57. The number of ether oxygens (including phenoxy) is 2. The normalized spacial score (nSPS) is 11.9. The minimum absolute atomic E-state index is 0.540. The lowest BCUT2D eigenvalue weighted by Gasteiger charge is -2.14. The molecule has 0 heterocycles. The fourth-order valence-electron chi connectivity index (χ4n) is 1.86. The van der Waals surface area contributed by atoms with Crippen LogP contribution in [0.3, 0.4) is 0 Å². The molecule has 0 aliphatic rings. The van der Waals surface area contributed by atoms with Gasteiger partial charge in [-0.15, -0.1) is 6.58 Å². The highest BCUT2D eigenvalue weighted by molar-refractivity contribution is 5.41. The maximum atomic E-state index is 9.71. The summed E-state index contributed by atoms with van der Waals surface area (Å²) in [7, 11) is 1.62. The van der Waals surface area contributed by atoms with Crippen molar-refractivity contribution in [3.8, 4) is 11.5 Å². The smallest absolute Gasteiger partial charge is 0.128 e. The van der Waals surface area contributed by atoms with Crippen molar-refractivity contribution in [1.82, 2.24) is 0 Å². The Labute approximate surface area is 115 Å². The molecule has 0 aromatic heterocycles. The van der Waals surface area contributed by atoms with Gasteiger partial charge < -0.3 is 14.6 Å². The predicted molar refractivity (Wildman–Crippen MR) is 77.8 cm³/mol. The molecule has 19 heavy (non-hydrogen) atoms. The molecule has 3 heteroatoms. The van der Waals surface area contributed by atoms with E-state index in [9.17, 15) is 5.11 Å². The molecule has 0 aliphatic heterocycles. The second kappa shape index (κ2) is 8.59. The van der Waals surface area contributed by atoms with Crippen molar-refractivity contribution in [2.75, 3.05) is 13.7 Å². The van der Waals surface area contributed by atoms with Crippen LogP contribution in [0.1, 0.15) is 44.3 Å². The lowest BCUT2D eigenvalue weighted by molar-refractivity contribution is 0.190. The van der Waals surface area contributed by atoms with Crippen molar-refractivity contribution in [3.63, 3.8) is 0 Å². The molecule has 0 aliphatic carbocycles. The van der Waals surface area contributed by atoms with Crippen LogP contribution < -0.4 is 9.47 Å². The lowest BCUT2D eigenvalue weighted by atomic mass is 10.1. The summed E-state index contributed by atoms with van der Waals surface area (Å²) < 4.78 is 10.9. The number of aliphatic hydroxyl groups is 1. The van der Waals surface area contributed by atoms with E-state index in [1.54, 1.807) is 14.0 Å². The Morgan fingerprint density at radius 3 is 2.74 bits per heavy atom. The number of unbranched alkanes of at least 4 members (excludes halogenated alkanes) is 3. The van der Waals surface area contributed by atoms with Crippen molar-refractivity contribution >= 4 is 0 Å². The Bertz CT molecular complexity index is 386. The number of benzene rings is 1. The summed E-state index contributed by atoms with van der Waals surface area (Å²) in [5.74, 6) is 1.45. The molecule has 3 nitrogen and oxygen atoms in total. The molecule has 0 amide bonds. The lowest BCUT2D eigenvalue weighted by Crippen LogP contribution is -2.03. The summed E-state index contributed by atoms with van der Waals surface area (Å²) >= 11 is 0. The van der Waals surface area contributed by atoms with E-state index >= 15 is 0 Å². The van der Waals surface area contributed by atoms with E-state index in [0.717, 1.165) is 37.0 Å². The van der Waals surface area contributed by atoms with Gasteiger partial charge in [-0.1, -0.05) is 6.08 Å². The molecular weight excluding hydrogens is 240 g/mol. The van der Waals surface area contributed by atoms with Gasteiger partial charge in [-0.05, 0) is 44.7 Å². The topological polar surface area (TPSA) is 38.7 Å². The number of rotatable bonds is 9. The van der Waals surface area contributed by atoms with Crippen molar-refractivity contribution in [3.05, 3.63) is 36.4 Å². The second-order valence-electron chi connectivity index (χ2n) is 4.57. The summed E-state index contributed by atoms with van der Waals surface area (Å²) in [4.78, 5) is 0. The van der Waals surface area contributed by atoms with Crippen molar-refractivity contribution in [2.24, 2.45) is 0 Å². The number of aliphatic hydroxyl groups excluding tert-OH is 1. The van der Waals surface area contributed by atoms with E-state index in [-0.39, 0.29) is 0 Å². The van der Waals surface area contributed by atoms with Gasteiger partial charge in [0.25, 0.3) is 0 Å². The van der Waals surface area contributed by atoms with Gasteiger partial charge in [0.15, 0.2) is 0 Å². The van der Waals surface area contributed by atoms with Crippen LogP contribution in [0.15, 0.2) is 30.9 Å². The Morgan fingerprint density at radius 1 is 1.32 bits per heavy atom. The maximum absolute atomic E-state index is 9.71. The highest BCUT2D eigenvalue weighted by atomic mass is 16.5. The van der Waals surface area contributed by atoms with E-state index in [1.807, 2.05) is 24.3 Å². The third-order valence-corrected chi connectivity index (χ3v) is 2.98. The third kappa shape index (κ3) is 5.35. The molecule has 0 saturated carbocycles. The zero-order chi connectivity index (χ0) is 14.1. The first-order valence-corrected chi connectivity index (χ1v) is 6.78. The molecule has 1 unspecified atom stereocenters. The highest BCUT2D eigenvalue weighted by Crippen LogP contribution is 2.29. The molecule has 1 aromatic rings. The molecule has 106 valence electrons. The molecule has 1 aromatic carbocycles. The number of hydrogen-bond donors (Lipinski definition) is 1. The Kier molecular flexibility index (Phi) is 7.04. The Hall–Kier alpha value is -1.48. The average Bonchev–Trinajstić information content (AvgIpc) is 2.42. The van der Waals surface area contributed by atoms with Crippen LogP contribution in [0.4, 0.5) is 0 Å². The SMILES string of the molecule is C=CCCCCCOc1cc(OC)ccc1C(C)O. The van der Waals surface area contributed by atoms with Gasteiger partial charge in [-0.25, -0.2) is 0 Å². The summed E-state index contributed by atoms with van der Waals surface area (Å²) in [6, 6.07) is 5.50. The zero-order valence-electron chi connectivity index (χ0n) is 11.9. The van der Waals surface area contributed by atoms with Gasteiger partial charge in [-0.2, -0.15) is 0 Å². The van der Waals surface area contributed by atoms with Crippen LogP contribution in [0, 0.1) is 0 Å². The fourth-order valence-corrected chi connectivity index (χ4v) is 1.86. The molecule has 0 fully saturated rings. The Balaban J connectivity index is 2.52. The fraction of sp³-hybridized carbons (Fsp3) is 0.500. The third-order valence-electron chi connectivity index (χ3n) is 2.98. The minimum atomic E-state index is -0.540. The largest absolute Gasteiger partial charge is 0.497 e. The van der Waals surface area contributed by atoms with Crippen LogP contribution in [0.5, 0.6) is 11.5 Å². The summed E-state index contributed by atoms with van der Waals surface area (Å²) in [5, 5.41) is 9.71. The van der Waals surface area contributed by atoms with E-state index in [4.69, 9.17) is 9.47 Å². The zero-order valence-corrected chi connectivity index (χ0v) is 11.9. The van der Waals surface area contributed by atoms with E-state index in [1.165, 1.54) is 0 Å². The van der Waals surface area contributed by atoms with E-state index in [0.29, 0.717) is 12.4 Å². The highest BCUT2D eigenvalue weighted by Gasteiger charge is 2.10. The molecule has 0 saturated heterocycles. The molecule has 1 N–H and O–H groups in total. The number of allylic oxidation sites excluding steroid dienone is 1. The molecule has 0 spiro atoms. The van der Waals surface area contributed by atoms with E-state index in [2.05, 4.69) is 6.58 Å². The van der Waals surface area contributed by atoms with Crippen LogP contribution in [0.25, 0.3) is 0 Å². The average molecular weight is 264 g/mol. The summed E-state index contributed by atoms with van der Waals surface area (Å²) in [6.45, 7) is 6.09. The van der Waals surface area contributed by atoms with Gasteiger partial charge in [0.05, 0.1) is 19.8 Å². The first kappa shape index (κ1) is 15.6. The van der Waals surface area contributed by atoms with Gasteiger partial charge in [0.2, 0.25) is 0 Å². The quantitative estimate of drug-likeness (QED) is 0.543. The van der Waals surface area contributed by atoms with Gasteiger partial charge in [-0.3, -0.25) is 0 Å². The van der Waals surface area contributed by atoms with Gasteiger partial charge in [0, 0.05) is 11.6 Å². The maximum Gasteiger partial charge on any atom is 0.128 e. The number of hydrogen-bond acceptors (Lipinski definition) is 3. The number of methoxy groups -OCH3 is 1. The van der Waals surface area contributed by atoms with Gasteiger partial charge in [0.1, 0.15) is 11.5 Å². The molecule has 1 rings (SSSR count).